The molecule has 0 N–H and O–H groups in total. The van der Waals surface area contributed by atoms with Crippen molar-refractivity contribution in [3.63, 3.8) is 0 Å². The van der Waals surface area contributed by atoms with Crippen molar-refractivity contribution < 1.29 is 9.53 Å². The fraction of sp³-hybridized carbons (Fsp3) is 0.375. The molecule has 0 saturated carbocycles. The minimum absolute atomic E-state index is 0.223. The number of ether oxygens (including phenoxy) is 1. The molecule has 106 valence electrons. The SMILES string of the molecule is CC(=O)CCc1ccc(OCCc2nccn2C)cc1. The summed E-state index contributed by atoms with van der Waals surface area (Å²) in [5, 5.41) is 0. The van der Waals surface area contributed by atoms with Crippen molar-refractivity contribution >= 4 is 5.78 Å². The first kappa shape index (κ1) is 14.3. The minimum atomic E-state index is 0.223. The lowest BCUT2D eigenvalue weighted by Crippen LogP contribution is -2.06. The third-order valence-corrected chi connectivity index (χ3v) is 3.20. The van der Waals surface area contributed by atoms with Crippen LogP contribution in [0.4, 0.5) is 0 Å². The smallest absolute Gasteiger partial charge is 0.130 e. The molecule has 0 aliphatic carbocycles. The van der Waals surface area contributed by atoms with Gasteiger partial charge in [0.2, 0.25) is 0 Å². The average Bonchev–Trinajstić information content (AvgIpc) is 2.83. The maximum Gasteiger partial charge on any atom is 0.130 e. The van der Waals surface area contributed by atoms with Crippen molar-refractivity contribution in [3.05, 3.63) is 48.0 Å². The normalized spacial score (nSPS) is 10.5. The highest BCUT2D eigenvalue weighted by Crippen LogP contribution is 2.14. The van der Waals surface area contributed by atoms with Gasteiger partial charge < -0.3 is 14.1 Å². The third-order valence-electron chi connectivity index (χ3n) is 3.20. The topological polar surface area (TPSA) is 44.1 Å². The predicted octanol–water partition coefficient (Wildman–Crippen LogP) is 2.56. The Balaban J connectivity index is 1.79. The lowest BCUT2D eigenvalue weighted by Gasteiger charge is -2.07. The Kier molecular flexibility index (Phi) is 4.93. The van der Waals surface area contributed by atoms with Gasteiger partial charge in [-0.05, 0) is 31.0 Å². The van der Waals surface area contributed by atoms with Gasteiger partial charge in [0.1, 0.15) is 17.4 Å². The largest absolute Gasteiger partial charge is 0.493 e. The van der Waals surface area contributed by atoms with Crippen LogP contribution >= 0.6 is 0 Å². The summed E-state index contributed by atoms with van der Waals surface area (Å²) in [5.41, 5.74) is 1.16. The van der Waals surface area contributed by atoms with Gasteiger partial charge in [-0.15, -0.1) is 0 Å². The van der Waals surface area contributed by atoms with E-state index in [2.05, 4.69) is 4.98 Å². The number of ketones is 1. The molecule has 0 saturated heterocycles. The quantitative estimate of drug-likeness (QED) is 0.778. The molecule has 1 aromatic heterocycles. The summed E-state index contributed by atoms with van der Waals surface area (Å²) in [7, 11) is 1.98. The zero-order valence-corrected chi connectivity index (χ0v) is 12.0. The fourth-order valence-corrected chi connectivity index (χ4v) is 1.97. The summed E-state index contributed by atoms with van der Waals surface area (Å²) in [6.45, 7) is 2.23. The van der Waals surface area contributed by atoms with Crippen LogP contribution in [0.25, 0.3) is 0 Å². The van der Waals surface area contributed by atoms with E-state index in [1.165, 1.54) is 0 Å². The van der Waals surface area contributed by atoms with Crippen molar-refractivity contribution in [1.29, 1.82) is 0 Å². The lowest BCUT2D eigenvalue weighted by atomic mass is 10.1. The summed E-state index contributed by atoms with van der Waals surface area (Å²) in [4.78, 5) is 15.2. The first-order valence-corrected chi connectivity index (χ1v) is 6.82. The summed E-state index contributed by atoms with van der Waals surface area (Å²) in [6.07, 6.45) is 5.90. The van der Waals surface area contributed by atoms with Crippen LogP contribution in [0, 0.1) is 0 Å². The van der Waals surface area contributed by atoms with Gasteiger partial charge >= 0.3 is 0 Å². The maximum atomic E-state index is 10.9. The number of hydrogen-bond donors (Lipinski definition) is 0. The number of imidazole rings is 1. The molecule has 0 fully saturated rings. The van der Waals surface area contributed by atoms with Gasteiger partial charge in [-0.2, -0.15) is 0 Å². The molecule has 20 heavy (non-hydrogen) atoms. The highest BCUT2D eigenvalue weighted by molar-refractivity contribution is 5.75. The number of benzene rings is 1. The monoisotopic (exact) mass is 272 g/mol. The molecular weight excluding hydrogens is 252 g/mol. The zero-order valence-electron chi connectivity index (χ0n) is 12.0. The summed E-state index contributed by atoms with van der Waals surface area (Å²) in [5.74, 6) is 2.09. The molecule has 2 aromatic rings. The highest BCUT2D eigenvalue weighted by Gasteiger charge is 2.01. The van der Waals surface area contributed by atoms with E-state index in [-0.39, 0.29) is 5.78 Å². The molecule has 4 heteroatoms. The Bertz CT molecular complexity index is 558. The standard InChI is InChI=1S/C16H20N2O2/c1-13(19)3-4-14-5-7-15(8-6-14)20-12-9-16-17-10-11-18(16)2/h5-8,10-11H,3-4,9,12H2,1-2H3. The molecule has 0 atom stereocenters. The van der Waals surface area contributed by atoms with E-state index < -0.39 is 0 Å². The van der Waals surface area contributed by atoms with Crippen LogP contribution in [0.1, 0.15) is 24.7 Å². The molecule has 0 bridgehead atoms. The van der Waals surface area contributed by atoms with Crippen LogP contribution in [0.5, 0.6) is 5.75 Å². The Morgan fingerprint density at radius 2 is 2.00 bits per heavy atom. The van der Waals surface area contributed by atoms with Crippen molar-refractivity contribution in [2.45, 2.75) is 26.2 Å². The summed E-state index contributed by atoms with van der Waals surface area (Å²) >= 11 is 0. The summed E-state index contributed by atoms with van der Waals surface area (Å²) < 4.78 is 7.69. The molecule has 0 amide bonds. The number of carbonyl (C=O) groups is 1. The summed E-state index contributed by atoms with van der Waals surface area (Å²) in [6, 6.07) is 7.93. The van der Waals surface area contributed by atoms with Crippen LogP contribution < -0.4 is 4.74 Å². The molecule has 2 rings (SSSR count). The van der Waals surface area contributed by atoms with E-state index in [1.54, 1.807) is 13.1 Å². The fourth-order valence-electron chi connectivity index (χ4n) is 1.97. The number of hydrogen-bond acceptors (Lipinski definition) is 3. The van der Waals surface area contributed by atoms with E-state index in [9.17, 15) is 4.79 Å². The van der Waals surface area contributed by atoms with Crippen LogP contribution in [0.2, 0.25) is 0 Å². The molecule has 0 radical (unpaired) electrons. The van der Waals surface area contributed by atoms with Gasteiger partial charge in [-0.25, -0.2) is 4.98 Å². The Labute approximate surface area is 119 Å². The number of aryl methyl sites for hydroxylation is 2. The van der Waals surface area contributed by atoms with Gasteiger partial charge in [-0.1, -0.05) is 12.1 Å². The van der Waals surface area contributed by atoms with Crippen molar-refractivity contribution in [2.75, 3.05) is 6.61 Å². The number of nitrogens with zero attached hydrogens (tertiary/aromatic N) is 2. The third kappa shape index (κ3) is 4.23. The van der Waals surface area contributed by atoms with Gasteiger partial charge in [0.15, 0.2) is 0 Å². The molecular formula is C16H20N2O2. The Hall–Kier alpha value is -2.10. The van der Waals surface area contributed by atoms with Crippen LogP contribution in [-0.2, 0) is 24.7 Å². The van der Waals surface area contributed by atoms with Crippen LogP contribution in [0.15, 0.2) is 36.7 Å². The van der Waals surface area contributed by atoms with E-state index >= 15 is 0 Å². The van der Waals surface area contributed by atoms with E-state index in [4.69, 9.17) is 4.74 Å². The predicted molar refractivity (Wildman–Crippen MR) is 77.9 cm³/mol. The van der Waals surface area contributed by atoms with Crippen molar-refractivity contribution in [3.8, 4) is 5.75 Å². The molecule has 1 aromatic carbocycles. The maximum absolute atomic E-state index is 10.9. The first-order valence-electron chi connectivity index (χ1n) is 6.82. The molecule has 0 spiro atoms. The minimum Gasteiger partial charge on any atom is -0.493 e. The molecule has 1 heterocycles. The van der Waals surface area contributed by atoms with E-state index in [0.29, 0.717) is 13.0 Å². The molecule has 0 aliphatic heterocycles. The van der Waals surface area contributed by atoms with Gasteiger partial charge in [-0.3, -0.25) is 0 Å². The van der Waals surface area contributed by atoms with Gasteiger partial charge in [0.05, 0.1) is 6.61 Å². The van der Waals surface area contributed by atoms with Gasteiger partial charge in [0, 0.05) is 32.3 Å². The number of carbonyl (C=O) groups excluding carboxylic acids is 1. The first-order chi connectivity index (χ1) is 9.65. The van der Waals surface area contributed by atoms with Crippen LogP contribution in [-0.4, -0.2) is 21.9 Å². The number of aromatic nitrogens is 2. The van der Waals surface area contributed by atoms with Crippen molar-refractivity contribution in [1.82, 2.24) is 9.55 Å². The average molecular weight is 272 g/mol. The second-order valence-corrected chi connectivity index (χ2v) is 4.90. The van der Waals surface area contributed by atoms with Crippen molar-refractivity contribution in [2.24, 2.45) is 7.05 Å². The van der Waals surface area contributed by atoms with Crippen LogP contribution in [0.3, 0.4) is 0 Å². The Morgan fingerprint density at radius 1 is 1.25 bits per heavy atom. The molecule has 0 aliphatic rings. The Morgan fingerprint density at radius 3 is 2.60 bits per heavy atom. The molecule has 0 unspecified atom stereocenters. The second kappa shape index (κ2) is 6.89. The van der Waals surface area contributed by atoms with E-state index in [1.807, 2.05) is 42.1 Å². The number of Topliss-reactive ketones (excluding diaryl/α,β-unsaturated/α-hetero) is 1. The zero-order chi connectivity index (χ0) is 14.4. The lowest BCUT2D eigenvalue weighted by molar-refractivity contribution is -0.116. The van der Waals surface area contributed by atoms with Gasteiger partial charge in [0.25, 0.3) is 0 Å². The molecule has 4 nitrogen and oxygen atoms in total. The number of rotatable bonds is 7. The second-order valence-electron chi connectivity index (χ2n) is 4.90. The highest BCUT2D eigenvalue weighted by atomic mass is 16.5. The van der Waals surface area contributed by atoms with E-state index in [0.717, 1.165) is 30.0 Å².